The summed E-state index contributed by atoms with van der Waals surface area (Å²) in [6, 6.07) is 4.57. The highest BCUT2D eigenvalue weighted by Gasteiger charge is 2.37. The fourth-order valence-corrected chi connectivity index (χ4v) is 2.95. The lowest BCUT2D eigenvalue weighted by Crippen LogP contribution is -2.38. The van der Waals surface area contributed by atoms with Crippen LogP contribution in [0, 0.1) is 0 Å². The van der Waals surface area contributed by atoms with Crippen LogP contribution in [-0.2, 0) is 12.7 Å². The highest BCUT2D eigenvalue weighted by atomic mass is 19.4. The summed E-state index contributed by atoms with van der Waals surface area (Å²) < 4.78 is 40.0. The van der Waals surface area contributed by atoms with Crippen molar-refractivity contribution in [2.24, 2.45) is 5.73 Å². The van der Waals surface area contributed by atoms with Crippen molar-refractivity contribution in [2.45, 2.75) is 31.6 Å². The summed E-state index contributed by atoms with van der Waals surface area (Å²) in [5, 5.41) is 0. The standard InChI is InChI=1S/C15H22F3N3/c1-20(2)10-12-4-3-7-21(12)14-6-5-11(9-19)8-13(14)15(16,17)18/h5-6,8,12H,3-4,7,9-10,19H2,1-2H3. The Morgan fingerprint density at radius 2 is 2.05 bits per heavy atom. The Bertz CT molecular complexity index is 486. The summed E-state index contributed by atoms with van der Waals surface area (Å²) in [4.78, 5) is 3.91. The number of nitrogens with zero attached hydrogens (tertiary/aromatic N) is 2. The molecule has 0 aliphatic carbocycles. The summed E-state index contributed by atoms with van der Waals surface area (Å²) in [5.74, 6) is 0. The third kappa shape index (κ3) is 3.68. The van der Waals surface area contributed by atoms with E-state index in [1.54, 1.807) is 12.1 Å². The lowest BCUT2D eigenvalue weighted by atomic mass is 10.1. The molecule has 0 radical (unpaired) electrons. The van der Waals surface area contributed by atoms with Crippen LogP contribution in [0.2, 0.25) is 0 Å². The van der Waals surface area contributed by atoms with Crippen LogP contribution >= 0.6 is 0 Å². The maximum Gasteiger partial charge on any atom is 0.418 e. The second kappa shape index (κ2) is 6.23. The Morgan fingerprint density at radius 3 is 2.62 bits per heavy atom. The number of anilines is 1. The van der Waals surface area contributed by atoms with Gasteiger partial charge in [-0.1, -0.05) is 6.07 Å². The molecule has 1 aromatic rings. The molecule has 3 nitrogen and oxygen atoms in total. The molecule has 1 unspecified atom stereocenters. The second-order valence-corrected chi connectivity index (χ2v) is 5.81. The SMILES string of the molecule is CN(C)CC1CCCN1c1ccc(CN)cc1C(F)(F)F. The molecule has 0 aromatic heterocycles. The van der Waals surface area contributed by atoms with E-state index in [1.165, 1.54) is 6.07 Å². The van der Waals surface area contributed by atoms with Crippen molar-refractivity contribution >= 4 is 5.69 Å². The van der Waals surface area contributed by atoms with Crippen molar-refractivity contribution in [3.63, 3.8) is 0 Å². The maximum absolute atomic E-state index is 13.3. The van der Waals surface area contributed by atoms with Crippen molar-refractivity contribution in [3.05, 3.63) is 29.3 Å². The number of alkyl halides is 3. The van der Waals surface area contributed by atoms with E-state index in [9.17, 15) is 13.2 Å². The molecule has 0 amide bonds. The summed E-state index contributed by atoms with van der Waals surface area (Å²) in [6.45, 7) is 1.55. The van der Waals surface area contributed by atoms with Crippen molar-refractivity contribution in [1.82, 2.24) is 4.90 Å². The van der Waals surface area contributed by atoms with E-state index in [0.29, 0.717) is 12.1 Å². The zero-order valence-electron chi connectivity index (χ0n) is 12.5. The van der Waals surface area contributed by atoms with Gasteiger partial charge in [-0.2, -0.15) is 13.2 Å². The van der Waals surface area contributed by atoms with E-state index in [1.807, 2.05) is 23.9 Å². The Kier molecular flexibility index (Phi) is 4.78. The first kappa shape index (κ1) is 16.1. The van der Waals surface area contributed by atoms with Gasteiger partial charge in [-0.05, 0) is 44.6 Å². The van der Waals surface area contributed by atoms with Crippen LogP contribution < -0.4 is 10.6 Å². The molecule has 1 aromatic carbocycles. The lowest BCUT2D eigenvalue weighted by molar-refractivity contribution is -0.137. The average molecular weight is 301 g/mol. The summed E-state index contributed by atoms with van der Waals surface area (Å²) in [7, 11) is 3.89. The van der Waals surface area contributed by atoms with Gasteiger partial charge in [0.15, 0.2) is 0 Å². The molecule has 1 fully saturated rings. The largest absolute Gasteiger partial charge is 0.418 e. The van der Waals surface area contributed by atoms with Gasteiger partial charge in [0.05, 0.1) is 5.56 Å². The van der Waals surface area contributed by atoms with Crippen LogP contribution in [0.15, 0.2) is 18.2 Å². The first-order valence-electron chi connectivity index (χ1n) is 7.14. The average Bonchev–Trinajstić information content (AvgIpc) is 2.84. The van der Waals surface area contributed by atoms with Gasteiger partial charge in [0.1, 0.15) is 0 Å². The van der Waals surface area contributed by atoms with Gasteiger partial charge < -0.3 is 15.5 Å². The van der Waals surface area contributed by atoms with Gasteiger partial charge in [0.25, 0.3) is 0 Å². The second-order valence-electron chi connectivity index (χ2n) is 5.81. The van der Waals surface area contributed by atoms with Gasteiger partial charge in [0.2, 0.25) is 0 Å². The molecule has 0 spiro atoms. The summed E-state index contributed by atoms with van der Waals surface area (Å²) in [6.07, 6.45) is -2.51. The molecule has 2 rings (SSSR count). The number of hydrogen-bond donors (Lipinski definition) is 1. The number of nitrogens with two attached hydrogens (primary N) is 1. The molecule has 1 atom stereocenters. The van der Waals surface area contributed by atoms with Gasteiger partial charge in [0, 0.05) is 31.4 Å². The van der Waals surface area contributed by atoms with Crippen LogP contribution in [0.25, 0.3) is 0 Å². The fourth-order valence-electron chi connectivity index (χ4n) is 2.95. The number of rotatable bonds is 4. The monoisotopic (exact) mass is 301 g/mol. The van der Waals surface area contributed by atoms with Crippen molar-refractivity contribution in [2.75, 3.05) is 32.1 Å². The van der Waals surface area contributed by atoms with Crippen LogP contribution in [0.1, 0.15) is 24.0 Å². The van der Waals surface area contributed by atoms with E-state index >= 15 is 0 Å². The number of benzene rings is 1. The van der Waals surface area contributed by atoms with Gasteiger partial charge in [-0.25, -0.2) is 0 Å². The lowest BCUT2D eigenvalue weighted by Gasteiger charge is -2.31. The molecular weight excluding hydrogens is 279 g/mol. The van der Waals surface area contributed by atoms with Crippen LogP contribution in [0.4, 0.5) is 18.9 Å². The molecule has 21 heavy (non-hydrogen) atoms. The zero-order valence-corrected chi connectivity index (χ0v) is 12.5. The maximum atomic E-state index is 13.3. The Labute approximate surface area is 123 Å². The van der Waals surface area contributed by atoms with Crippen LogP contribution in [0.5, 0.6) is 0 Å². The molecule has 6 heteroatoms. The topological polar surface area (TPSA) is 32.5 Å². The molecule has 1 aliphatic heterocycles. The van der Waals surface area contributed by atoms with Gasteiger partial charge >= 0.3 is 6.18 Å². The normalized spacial score (nSPS) is 19.6. The molecule has 0 saturated carbocycles. The molecule has 2 N–H and O–H groups in total. The van der Waals surface area contributed by atoms with E-state index in [0.717, 1.165) is 19.4 Å². The third-order valence-electron chi connectivity index (χ3n) is 3.86. The van der Waals surface area contributed by atoms with Crippen LogP contribution in [-0.4, -0.2) is 38.1 Å². The summed E-state index contributed by atoms with van der Waals surface area (Å²) >= 11 is 0. The minimum Gasteiger partial charge on any atom is -0.367 e. The Morgan fingerprint density at radius 1 is 1.33 bits per heavy atom. The Hall–Kier alpha value is -1.27. The van der Waals surface area contributed by atoms with E-state index < -0.39 is 11.7 Å². The van der Waals surface area contributed by atoms with Gasteiger partial charge in [-0.3, -0.25) is 0 Å². The molecule has 0 bridgehead atoms. The predicted octanol–water partition coefficient (Wildman–Crippen LogP) is 2.69. The number of halogens is 3. The molecule has 1 saturated heterocycles. The van der Waals surface area contributed by atoms with Crippen LogP contribution in [0.3, 0.4) is 0 Å². The highest BCUT2D eigenvalue weighted by molar-refractivity contribution is 5.58. The minimum absolute atomic E-state index is 0.116. The fraction of sp³-hybridized carbons (Fsp3) is 0.600. The minimum atomic E-state index is -4.36. The number of likely N-dealkylation sites (N-methyl/N-ethyl adjacent to an activating group) is 1. The molecule has 118 valence electrons. The van der Waals surface area contributed by atoms with Gasteiger partial charge in [-0.15, -0.1) is 0 Å². The third-order valence-corrected chi connectivity index (χ3v) is 3.86. The molecular formula is C15H22F3N3. The number of hydrogen-bond acceptors (Lipinski definition) is 3. The van der Waals surface area contributed by atoms with Crippen molar-refractivity contribution in [1.29, 1.82) is 0 Å². The quantitative estimate of drug-likeness (QED) is 0.928. The summed E-state index contributed by atoms with van der Waals surface area (Å²) in [5.41, 5.74) is 5.69. The Balaban J connectivity index is 2.38. The predicted molar refractivity (Wildman–Crippen MR) is 78.3 cm³/mol. The first-order chi connectivity index (χ1) is 9.82. The van der Waals surface area contributed by atoms with E-state index in [4.69, 9.17) is 5.73 Å². The zero-order chi connectivity index (χ0) is 15.6. The smallest absolute Gasteiger partial charge is 0.367 e. The van der Waals surface area contributed by atoms with E-state index in [2.05, 4.69) is 0 Å². The van der Waals surface area contributed by atoms with E-state index in [-0.39, 0.29) is 18.3 Å². The molecule has 1 heterocycles. The van der Waals surface area contributed by atoms with Crippen molar-refractivity contribution in [3.8, 4) is 0 Å². The van der Waals surface area contributed by atoms with Crippen molar-refractivity contribution < 1.29 is 13.2 Å². The first-order valence-corrected chi connectivity index (χ1v) is 7.14. The molecule has 1 aliphatic rings. The highest BCUT2D eigenvalue weighted by Crippen LogP contribution is 2.39.